The molecule has 0 aliphatic rings. The van der Waals surface area contributed by atoms with E-state index in [-0.39, 0.29) is 5.91 Å². The SMILES string of the molecule is Cn1nc2cc(Br)ccc2c1C(=O)NCc1cccc(Oc2ccccn2)c1. The quantitative estimate of drug-likeness (QED) is 0.501. The summed E-state index contributed by atoms with van der Waals surface area (Å²) in [6.07, 6.45) is 1.68. The fourth-order valence-corrected chi connectivity index (χ4v) is 3.31. The van der Waals surface area contributed by atoms with Crippen LogP contribution >= 0.6 is 15.9 Å². The third kappa shape index (κ3) is 3.89. The van der Waals surface area contributed by atoms with Gasteiger partial charge in [-0.1, -0.05) is 34.1 Å². The van der Waals surface area contributed by atoms with Gasteiger partial charge in [-0.15, -0.1) is 0 Å². The Morgan fingerprint density at radius 2 is 2.04 bits per heavy atom. The summed E-state index contributed by atoms with van der Waals surface area (Å²) >= 11 is 3.43. The van der Waals surface area contributed by atoms with Crippen molar-refractivity contribution in [1.82, 2.24) is 20.1 Å². The van der Waals surface area contributed by atoms with Crippen molar-refractivity contribution < 1.29 is 9.53 Å². The molecule has 28 heavy (non-hydrogen) atoms. The second kappa shape index (κ2) is 7.82. The van der Waals surface area contributed by atoms with Gasteiger partial charge in [-0.2, -0.15) is 5.10 Å². The van der Waals surface area contributed by atoms with E-state index < -0.39 is 0 Å². The number of hydrogen-bond acceptors (Lipinski definition) is 4. The molecule has 0 saturated heterocycles. The van der Waals surface area contributed by atoms with Gasteiger partial charge in [0.15, 0.2) is 0 Å². The molecule has 0 radical (unpaired) electrons. The first-order valence-corrected chi connectivity index (χ1v) is 9.48. The molecule has 2 aromatic carbocycles. The summed E-state index contributed by atoms with van der Waals surface area (Å²) < 4.78 is 8.27. The molecule has 7 heteroatoms. The van der Waals surface area contributed by atoms with Gasteiger partial charge in [-0.3, -0.25) is 9.48 Å². The summed E-state index contributed by atoms with van der Waals surface area (Å²) in [5.41, 5.74) is 2.23. The van der Waals surface area contributed by atoms with E-state index in [9.17, 15) is 4.79 Å². The van der Waals surface area contributed by atoms with E-state index in [0.717, 1.165) is 20.9 Å². The zero-order valence-electron chi connectivity index (χ0n) is 15.1. The number of nitrogens with zero attached hydrogens (tertiary/aromatic N) is 3. The number of rotatable bonds is 5. The van der Waals surface area contributed by atoms with Gasteiger partial charge in [0.1, 0.15) is 11.4 Å². The molecule has 0 spiro atoms. The summed E-state index contributed by atoms with van der Waals surface area (Å²) in [5.74, 6) is 1.01. The maximum atomic E-state index is 12.7. The minimum absolute atomic E-state index is 0.177. The van der Waals surface area contributed by atoms with Gasteiger partial charge in [0.2, 0.25) is 5.88 Å². The molecule has 0 saturated carbocycles. The number of amides is 1. The first-order valence-electron chi connectivity index (χ1n) is 8.68. The normalized spacial score (nSPS) is 10.8. The second-order valence-corrected chi connectivity index (χ2v) is 7.15. The Morgan fingerprint density at radius 1 is 1.14 bits per heavy atom. The number of ether oxygens (including phenoxy) is 1. The van der Waals surface area contributed by atoms with Gasteiger partial charge >= 0.3 is 0 Å². The third-order valence-electron chi connectivity index (χ3n) is 4.22. The number of fused-ring (bicyclic) bond motifs is 1. The molecule has 1 amide bonds. The molecular formula is C21H17BrN4O2. The Hall–Kier alpha value is -3.19. The molecule has 4 aromatic rings. The number of aromatic nitrogens is 3. The Kier molecular flexibility index (Phi) is 5.08. The number of carbonyl (C=O) groups is 1. The van der Waals surface area contributed by atoms with Crippen LogP contribution in [0.3, 0.4) is 0 Å². The number of pyridine rings is 1. The molecule has 0 aliphatic heterocycles. The van der Waals surface area contributed by atoms with Crippen molar-refractivity contribution in [2.24, 2.45) is 7.05 Å². The van der Waals surface area contributed by atoms with Crippen LogP contribution in [0.1, 0.15) is 16.1 Å². The predicted octanol–water partition coefficient (Wildman–Crippen LogP) is 4.45. The van der Waals surface area contributed by atoms with Crippen LogP contribution in [0, 0.1) is 0 Å². The topological polar surface area (TPSA) is 69.0 Å². The van der Waals surface area contributed by atoms with Crippen molar-refractivity contribution in [2.75, 3.05) is 0 Å². The Morgan fingerprint density at radius 3 is 2.86 bits per heavy atom. The minimum atomic E-state index is -0.177. The minimum Gasteiger partial charge on any atom is -0.439 e. The molecule has 2 aromatic heterocycles. The highest BCUT2D eigenvalue weighted by atomic mass is 79.9. The van der Waals surface area contributed by atoms with Crippen LogP contribution in [0.2, 0.25) is 0 Å². The monoisotopic (exact) mass is 436 g/mol. The zero-order valence-corrected chi connectivity index (χ0v) is 16.7. The second-order valence-electron chi connectivity index (χ2n) is 6.23. The number of hydrogen-bond donors (Lipinski definition) is 1. The largest absolute Gasteiger partial charge is 0.439 e. The van der Waals surface area contributed by atoms with Gasteiger partial charge in [0, 0.05) is 35.7 Å². The van der Waals surface area contributed by atoms with Crippen molar-refractivity contribution in [1.29, 1.82) is 0 Å². The highest BCUT2D eigenvalue weighted by Gasteiger charge is 2.16. The molecule has 1 N–H and O–H groups in total. The first-order chi connectivity index (χ1) is 13.6. The lowest BCUT2D eigenvalue weighted by molar-refractivity contribution is 0.0943. The standard InChI is InChI=1S/C21H17BrN4O2/c1-26-20(17-9-8-15(22)12-18(17)25-26)21(27)24-13-14-5-4-6-16(11-14)28-19-7-2-3-10-23-19/h2-12H,13H2,1H3,(H,24,27). The first kappa shape index (κ1) is 18.2. The van der Waals surface area contributed by atoms with Crippen molar-refractivity contribution in [3.05, 3.63) is 82.6 Å². The van der Waals surface area contributed by atoms with Gasteiger partial charge in [-0.25, -0.2) is 4.98 Å². The van der Waals surface area contributed by atoms with E-state index >= 15 is 0 Å². The van der Waals surface area contributed by atoms with Crippen LogP contribution in [0.15, 0.2) is 71.3 Å². The smallest absolute Gasteiger partial charge is 0.270 e. The molecule has 140 valence electrons. The molecular weight excluding hydrogens is 420 g/mol. The third-order valence-corrected chi connectivity index (χ3v) is 4.72. The van der Waals surface area contributed by atoms with E-state index in [1.165, 1.54) is 0 Å². The fourth-order valence-electron chi connectivity index (χ4n) is 2.96. The molecule has 4 rings (SSSR count). The predicted molar refractivity (Wildman–Crippen MR) is 110 cm³/mol. The van der Waals surface area contributed by atoms with E-state index in [0.29, 0.717) is 23.9 Å². The summed E-state index contributed by atoms with van der Waals surface area (Å²) in [6, 6.07) is 18.7. The molecule has 6 nitrogen and oxygen atoms in total. The van der Waals surface area contributed by atoms with Crippen LogP contribution < -0.4 is 10.1 Å². The van der Waals surface area contributed by atoms with Gasteiger partial charge in [0.25, 0.3) is 5.91 Å². The molecule has 0 aliphatic carbocycles. The molecule has 0 fully saturated rings. The average molecular weight is 437 g/mol. The van der Waals surface area contributed by atoms with E-state index in [4.69, 9.17) is 4.74 Å². The van der Waals surface area contributed by atoms with Crippen LogP contribution in [0.4, 0.5) is 0 Å². The fraction of sp³-hybridized carbons (Fsp3) is 0.0952. The lowest BCUT2D eigenvalue weighted by Gasteiger charge is -2.09. The Bertz CT molecular complexity index is 1140. The molecule has 0 atom stereocenters. The van der Waals surface area contributed by atoms with E-state index in [2.05, 4.69) is 31.3 Å². The van der Waals surface area contributed by atoms with Crippen LogP contribution in [0.5, 0.6) is 11.6 Å². The lowest BCUT2D eigenvalue weighted by Crippen LogP contribution is -2.25. The molecule has 0 unspecified atom stereocenters. The van der Waals surface area contributed by atoms with Crippen LogP contribution in [-0.2, 0) is 13.6 Å². The summed E-state index contributed by atoms with van der Waals surface area (Å²) in [5, 5.41) is 8.18. The Balaban J connectivity index is 1.48. The molecule has 2 heterocycles. The van der Waals surface area contributed by atoms with Gasteiger partial charge in [0.05, 0.1) is 5.52 Å². The van der Waals surface area contributed by atoms with Crippen LogP contribution in [-0.4, -0.2) is 20.7 Å². The van der Waals surface area contributed by atoms with Crippen molar-refractivity contribution in [3.8, 4) is 11.6 Å². The maximum absolute atomic E-state index is 12.7. The van der Waals surface area contributed by atoms with Crippen molar-refractivity contribution in [3.63, 3.8) is 0 Å². The maximum Gasteiger partial charge on any atom is 0.270 e. The molecule has 0 bridgehead atoms. The number of halogens is 1. The van der Waals surface area contributed by atoms with Crippen molar-refractivity contribution >= 4 is 32.7 Å². The Labute approximate surface area is 170 Å². The van der Waals surface area contributed by atoms with Crippen LogP contribution in [0.25, 0.3) is 10.9 Å². The summed E-state index contributed by atoms with van der Waals surface area (Å²) in [7, 11) is 1.77. The van der Waals surface area contributed by atoms with Gasteiger partial charge < -0.3 is 10.1 Å². The highest BCUT2D eigenvalue weighted by Crippen LogP contribution is 2.23. The number of aryl methyl sites for hydroxylation is 1. The number of benzene rings is 2. The summed E-state index contributed by atoms with van der Waals surface area (Å²) in [4.78, 5) is 16.9. The number of carbonyl (C=O) groups excluding carboxylic acids is 1. The van der Waals surface area contributed by atoms with E-state index in [1.54, 1.807) is 24.0 Å². The van der Waals surface area contributed by atoms with Gasteiger partial charge in [-0.05, 0) is 42.0 Å². The van der Waals surface area contributed by atoms with Crippen molar-refractivity contribution in [2.45, 2.75) is 6.54 Å². The highest BCUT2D eigenvalue weighted by molar-refractivity contribution is 9.10. The lowest BCUT2D eigenvalue weighted by atomic mass is 10.2. The summed E-state index contributed by atoms with van der Waals surface area (Å²) in [6.45, 7) is 0.376. The van der Waals surface area contributed by atoms with E-state index in [1.807, 2.05) is 54.6 Å². The zero-order chi connectivity index (χ0) is 19.5. The number of nitrogens with one attached hydrogen (secondary N) is 1. The average Bonchev–Trinajstić information content (AvgIpc) is 3.02.